The van der Waals surface area contributed by atoms with Gasteiger partial charge in [-0.25, -0.2) is 4.98 Å². The van der Waals surface area contributed by atoms with Gasteiger partial charge in [0.1, 0.15) is 6.10 Å². The van der Waals surface area contributed by atoms with Gasteiger partial charge >= 0.3 is 0 Å². The monoisotopic (exact) mass is 235 g/mol. The highest BCUT2D eigenvalue weighted by molar-refractivity contribution is 5.93. The maximum absolute atomic E-state index is 11.1. The first-order chi connectivity index (χ1) is 8.06. The minimum atomic E-state index is -0.476. The molecule has 0 radical (unpaired) electrons. The van der Waals surface area contributed by atoms with Crippen molar-refractivity contribution in [2.45, 2.75) is 38.3 Å². The predicted octanol–water partition coefficient (Wildman–Crippen LogP) is 0.748. The van der Waals surface area contributed by atoms with Crippen LogP contribution in [-0.4, -0.2) is 23.0 Å². The molecule has 1 aliphatic rings. The van der Waals surface area contributed by atoms with Crippen LogP contribution >= 0.6 is 0 Å². The fraction of sp³-hybridized carbons (Fsp3) is 0.500. The second kappa shape index (κ2) is 4.71. The molecule has 1 heterocycles. The second-order valence-electron chi connectivity index (χ2n) is 4.45. The Morgan fingerprint density at radius 1 is 1.47 bits per heavy atom. The van der Waals surface area contributed by atoms with Crippen LogP contribution in [-0.2, 0) is 0 Å². The zero-order valence-electron chi connectivity index (χ0n) is 9.85. The van der Waals surface area contributed by atoms with Gasteiger partial charge in [0.2, 0.25) is 11.8 Å². The first-order valence-corrected chi connectivity index (χ1v) is 5.77. The molecule has 0 aliphatic heterocycles. The van der Waals surface area contributed by atoms with Crippen molar-refractivity contribution in [3.8, 4) is 5.88 Å². The number of pyridine rings is 1. The molecule has 5 nitrogen and oxygen atoms in total. The first-order valence-electron chi connectivity index (χ1n) is 5.77. The number of amides is 1. The Morgan fingerprint density at radius 3 is 2.82 bits per heavy atom. The molecule has 17 heavy (non-hydrogen) atoms. The summed E-state index contributed by atoms with van der Waals surface area (Å²) < 4.78 is 5.72. The maximum atomic E-state index is 11.1. The van der Waals surface area contributed by atoms with E-state index >= 15 is 0 Å². The van der Waals surface area contributed by atoms with Crippen LogP contribution in [0.15, 0.2) is 12.1 Å². The van der Waals surface area contributed by atoms with E-state index in [1.54, 1.807) is 19.1 Å². The van der Waals surface area contributed by atoms with Crippen molar-refractivity contribution in [2.75, 3.05) is 0 Å². The lowest BCUT2D eigenvalue weighted by Crippen LogP contribution is -2.33. The van der Waals surface area contributed by atoms with Crippen molar-refractivity contribution < 1.29 is 9.53 Å². The van der Waals surface area contributed by atoms with Gasteiger partial charge in [0.05, 0.1) is 0 Å². The van der Waals surface area contributed by atoms with Gasteiger partial charge in [-0.2, -0.15) is 0 Å². The summed E-state index contributed by atoms with van der Waals surface area (Å²) in [5, 5.41) is 0. The van der Waals surface area contributed by atoms with Crippen LogP contribution < -0.4 is 16.2 Å². The van der Waals surface area contributed by atoms with Crippen molar-refractivity contribution in [1.29, 1.82) is 0 Å². The van der Waals surface area contributed by atoms with Crippen molar-refractivity contribution in [1.82, 2.24) is 4.98 Å². The lowest BCUT2D eigenvalue weighted by molar-refractivity contribution is 0.0999. The minimum Gasteiger partial charge on any atom is -0.473 e. The molecule has 92 valence electrons. The van der Waals surface area contributed by atoms with Crippen molar-refractivity contribution in [3.05, 3.63) is 23.4 Å². The van der Waals surface area contributed by atoms with Crippen LogP contribution in [0.3, 0.4) is 0 Å². The van der Waals surface area contributed by atoms with Crippen molar-refractivity contribution >= 4 is 5.91 Å². The van der Waals surface area contributed by atoms with Gasteiger partial charge in [-0.05, 0) is 32.3 Å². The average molecular weight is 235 g/mol. The fourth-order valence-electron chi connectivity index (χ4n) is 2.10. The summed E-state index contributed by atoms with van der Waals surface area (Å²) in [7, 11) is 0. The SMILES string of the molecule is Cc1cc(C(N)=O)cc(OC2CCCC2N)n1. The molecule has 1 amide bonds. The van der Waals surface area contributed by atoms with Crippen LogP contribution in [0.5, 0.6) is 5.88 Å². The fourth-order valence-corrected chi connectivity index (χ4v) is 2.10. The lowest BCUT2D eigenvalue weighted by Gasteiger charge is -2.17. The molecule has 1 aliphatic carbocycles. The smallest absolute Gasteiger partial charge is 0.248 e. The molecule has 2 unspecified atom stereocenters. The van der Waals surface area contributed by atoms with E-state index in [0.29, 0.717) is 17.1 Å². The normalized spacial score (nSPS) is 23.6. The molecule has 0 bridgehead atoms. The van der Waals surface area contributed by atoms with Gasteiger partial charge in [-0.3, -0.25) is 4.79 Å². The largest absolute Gasteiger partial charge is 0.473 e. The Morgan fingerprint density at radius 2 is 2.24 bits per heavy atom. The summed E-state index contributed by atoms with van der Waals surface area (Å²) >= 11 is 0. The molecule has 1 aromatic rings. The van der Waals surface area contributed by atoms with E-state index in [1.165, 1.54) is 0 Å². The average Bonchev–Trinajstić information content (AvgIpc) is 2.63. The lowest BCUT2D eigenvalue weighted by atomic mass is 10.2. The van der Waals surface area contributed by atoms with Crippen LogP contribution in [0, 0.1) is 6.92 Å². The van der Waals surface area contributed by atoms with Gasteiger partial charge in [0.15, 0.2) is 0 Å². The summed E-state index contributed by atoms with van der Waals surface area (Å²) in [6.45, 7) is 1.80. The van der Waals surface area contributed by atoms with Gasteiger partial charge in [-0.1, -0.05) is 0 Å². The number of hydrogen-bond donors (Lipinski definition) is 2. The van der Waals surface area contributed by atoms with Gasteiger partial charge in [-0.15, -0.1) is 0 Å². The van der Waals surface area contributed by atoms with Crippen LogP contribution in [0.4, 0.5) is 0 Å². The van der Waals surface area contributed by atoms with E-state index in [9.17, 15) is 4.79 Å². The van der Waals surface area contributed by atoms with Crippen molar-refractivity contribution in [3.63, 3.8) is 0 Å². The molecule has 0 aromatic carbocycles. The molecule has 4 N–H and O–H groups in total. The third-order valence-corrected chi connectivity index (χ3v) is 2.99. The van der Waals surface area contributed by atoms with Crippen LogP contribution in [0.25, 0.3) is 0 Å². The predicted molar refractivity (Wildman–Crippen MR) is 63.7 cm³/mol. The van der Waals surface area contributed by atoms with E-state index in [2.05, 4.69) is 4.98 Å². The highest BCUT2D eigenvalue weighted by Gasteiger charge is 2.26. The van der Waals surface area contributed by atoms with Crippen LogP contribution in [0.2, 0.25) is 0 Å². The molecule has 1 aromatic heterocycles. The van der Waals surface area contributed by atoms with Crippen LogP contribution in [0.1, 0.15) is 35.3 Å². The third-order valence-electron chi connectivity index (χ3n) is 2.99. The summed E-state index contributed by atoms with van der Waals surface area (Å²) in [6, 6.07) is 3.26. The first kappa shape index (κ1) is 11.9. The number of rotatable bonds is 3. The number of carbonyl (C=O) groups excluding carboxylic acids is 1. The quantitative estimate of drug-likeness (QED) is 0.808. The number of carbonyl (C=O) groups is 1. The Balaban J connectivity index is 2.17. The number of aryl methyl sites for hydroxylation is 1. The maximum Gasteiger partial charge on any atom is 0.248 e. The second-order valence-corrected chi connectivity index (χ2v) is 4.45. The van der Waals surface area contributed by atoms with E-state index in [1.807, 2.05) is 0 Å². The Kier molecular flexibility index (Phi) is 3.28. The molecule has 1 fully saturated rings. The number of hydrogen-bond acceptors (Lipinski definition) is 4. The summed E-state index contributed by atoms with van der Waals surface area (Å²) in [6.07, 6.45) is 2.97. The Bertz CT molecular complexity index is 434. The standard InChI is InChI=1S/C12H17N3O2/c1-7-5-8(12(14)16)6-11(15-7)17-10-4-2-3-9(10)13/h5-6,9-10H,2-4,13H2,1H3,(H2,14,16). The summed E-state index contributed by atoms with van der Waals surface area (Å²) in [4.78, 5) is 15.3. The number of aromatic nitrogens is 1. The van der Waals surface area contributed by atoms with E-state index in [0.717, 1.165) is 19.3 Å². The molecule has 2 atom stereocenters. The number of nitrogens with zero attached hydrogens (tertiary/aromatic N) is 1. The molecular formula is C12H17N3O2. The van der Waals surface area contributed by atoms with Gasteiger partial charge in [0.25, 0.3) is 0 Å². The topological polar surface area (TPSA) is 91.2 Å². The third kappa shape index (κ3) is 2.74. The molecular weight excluding hydrogens is 218 g/mol. The molecule has 5 heteroatoms. The van der Waals surface area contributed by atoms with E-state index in [-0.39, 0.29) is 12.1 Å². The Hall–Kier alpha value is -1.62. The highest BCUT2D eigenvalue weighted by Crippen LogP contribution is 2.23. The minimum absolute atomic E-state index is 0.00923. The molecule has 2 rings (SSSR count). The van der Waals surface area contributed by atoms with Crippen molar-refractivity contribution in [2.24, 2.45) is 11.5 Å². The summed E-state index contributed by atoms with van der Waals surface area (Å²) in [5.74, 6) is -0.0442. The number of nitrogens with two attached hydrogens (primary N) is 2. The molecule has 0 spiro atoms. The number of ether oxygens (including phenoxy) is 1. The van der Waals surface area contributed by atoms with E-state index < -0.39 is 5.91 Å². The van der Waals surface area contributed by atoms with E-state index in [4.69, 9.17) is 16.2 Å². The highest BCUT2D eigenvalue weighted by atomic mass is 16.5. The van der Waals surface area contributed by atoms with Gasteiger partial charge in [0, 0.05) is 23.4 Å². The number of primary amides is 1. The molecule has 0 saturated heterocycles. The Labute approximate surface area is 100 Å². The summed E-state index contributed by atoms with van der Waals surface area (Å²) in [5.41, 5.74) is 12.3. The zero-order valence-corrected chi connectivity index (χ0v) is 9.85. The zero-order chi connectivity index (χ0) is 12.4. The van der Waals surface area contributed by atoms with Gasteiger partial charge < -0.3 is 16.2 Å². The molecule has 1 saturated carbocycles.